The molecule has 1 aromatic rings. The fraction of sp³-hybridized carbons (Fsp3) is 0.571. The van der Waals surface area contributed by atoms with E-state index in [2.05, 4.69) is 31.3 Å². The molecule has 3 nitrogen and oxygen atoms in total. The second-order valence-electron chi connectivity index (χ2n) is 5.20. The second kappa shape index (κ2) is 4.57. The summed E-state index contributed by atoms with van der Waals surface area (Å²) in [5, 5.41) is 3.50. The SMILES string of the molecule is COc1c(C)cc(NCC2(CN)CC2)cc1C. The fourth-order valence-electron chi connectivity index (χ4n) is 2.29. The van der Waals surface area contributed by atoms with E-state index < -0.39 is 0 Å². The first-order valence-electron chi connectivity index (χ1n) is 6.19. The van der Waals surface area contributed by atoms with Crippen LogP contribution in [0.25, 0.3) is 0 Å². The molecular formula is C14H22N2O. The summed E-state index contributed by atoms with van der Waals surface area (Å²) >= 11 is 0. The maximum atomic E-state index is 5.78. The van der Waals surface area contributed by atoms with E-state index in [1.165, 1.54) is 29.7 Å². The van der Waals surface area contributed by atoms with Gasteiger partial charge >= 0.3 is 0 Å². The van der Waals surface area contributed by atoms with E-state index in [1.54, 1.807) is 7.11 Å². The lowest BCUT2D eigenvalue weighted by Gasteiger charge is -2.16. The normalized spacial score (nSPS) is 16.7. The summed E-state index contributed by atoms with van der Waals surface area (Å²) in [7, 11) is 1.72. The van der Waals surface area contributed by atoms with Crippen molar-refractivity contribution in [2.24, 2.45) is 11.1 Å². The third-order valence-corrected chi connectivity index (χ3v) is 3.72. The molecule has 1 saturated carbocycles. The Balaban J connectivity index is 2.07. The van der Waals surface area contributed by atoms with E-state index in [0.29, 0.717) is 5.41 Å². The van der Waals surface area contributed by atoms with Gasteiger partial charge in [-0.2, -0.15) is 0 Å². The fourth-order valence-corrected chi connectivity index (χ4v) is 2.29. The number of rotatable bonds is 5. The van der Waals surface area contributed by atoms with Crippen LogP contribution in [0.4, 0.5) is 5.69 Å². The summed E-state index contributed by atoms with van der Waals surface area (Å²) in [5.74, 6) is 0.982. The van der Waals surface area contributed by atoms with Crippen LogP contribution in [0.5, 0.6) is 5.75 Å². The van der Waals surface area contributed by atoms with Crippen molar-refractivity contribution in [2.45, 2.75) is 26.7 Å². The highest BCUT2D eigenvalue weighted by molar-refractivity contribution is 5.55. The maximum Gasteiger partial charge on any atom is 0.124 e. The van der Waals surface area contributed by atoms with Crippen LogP contribution in [0.2, 0.25) is 0 Å². The van der Waals surface area contributed by atoms with Gasteiger partial charge in [-0.1, -0.05) is 0 Å². The number of nitrogens with one attached hydrogen (secondary N) is 1. The first kappa shape index (κ1) is 12.2. The van der Waals surface area contributed by atoms with Crippen molar-refractivity contribution < 1.29 is 4.74 Å². The summed E-state index contributed by atoms with van der Waals surface area (Å²) in [5.41, 5.74) is 9.66. The highest BCUT2D eigenvalue weighted by atomic mass is 16.5. The highest BCUT2D eigenvalue weighted by Crippen LogP contribution is 2.44. The average Bonchev–Trinajstić information content (AvgIpc) is 3.07. The van der Waals surface area contributed by atoms with Crippen molar-refractivity contribution >= 4 is 5.69 Å². The molecule has 3 heteroatoms. The lowest BCUT2D eigenvalue weighted by Crippen LogP contribution is -2.24. The summed E-state index contributed by atoms with van der Waals surface area (Å²) in [6.45, 7) is 5.92. The lowest BCUT2D eigenvalue weighted by atomic mass is 10.1. The zero-order chi connectivity index (χ0) is 12.5. The van der Waals surface area contributed by atoms with Gasteiger partial charge in [0, 0.05) is 12.2 Å². The van der Waals surface area contributed by atoms with Crippen LogP contribution in [0, 0.1) is 19.3 Å². The Morgan fingerprint density at radius 1 is 1.29 bits per heavy atom. The molecule has 0 heterocycles. The monoisotopic (exact) mass is 234 g/mol. The van der Waals surface area contributed by atoms with Crippen LogP contribution in [0.15, 0.2) is 12.1 Å². The molecule has 1 fully saturated rings. The molecule has 0 spiro atoms. The van der Waals surface area contributed by atoms with Crippen molar-refractivity contribution in [1.29, 1.82) is 0 Å². The molecule has 94 valence electrons. The van der Waals surface area contributed by atoms with E-state index in [0.717, 1.165) is 18.8 Å². The molecular weight excluding hydrogens is 212 g/mol. The number of hydrogen-bond acceptors (Lipinski definition) is 3. The highest BCUT2D eigenvalue weighted by Gasteiger charge is 2.40. The Morgan fingerprint density at radius 3 is 2.29 bits per heavy atom. The van der Waals surface area contributed by atoms with Gasteiger partial charge in [0.25, 0.3) is 0 Å². The zero-order valence-corrected chi connectivity index (χ0v) is 11.0. The molecule has 0 bridgehead atoms. The number of benzene rings is 1. The minimum Gasteiger partial charge on any atom is -0.496 e. The molecule has 2 rings (SSSR count). The molecule has 0 atom stereocenters. The molecule has 0 unspecified atom stereocenters. The summed E-state index contributed by atoms with van der Waals surface area (Å²) in [6.07, 6.45) is 2.51. The zero-order valence-electron chi connectivity index (χ0n) is 11.0. The van der Waals surface area contributed by atoms with Crippen LogP contribution in [0.1, 0.15) is 24.0 Å². The maximum absolute atomic E-state index is 5.78. The van der Waals surface area contributed by atoms with Crippen molar-refractivity contribution in [3.05, 3.63) is 23.3 Å². The standard InChI is InChI=1S/C14H22N2O/c1-10-6-12(7-11(2)13(10)17-3)16-9-14(8-15)4-5-14/h6-7,16H,4-5,8-9,15H2,1-3H3. The predicted octanol–water partition coefficient (Wildman–Crippen LogP) is 2.46. The molecule has 17 heavy (non-hydrogen) atoms. The van der Waals surface area contributed by atoms with Gasteiger partial charge < -0.3 is 15.8 Å². The van der Waals surface area contributed by atoms with Crippen LogP contribution >= 0.6 is 0 Å². The number of nitrogens with two attached hydrogens (primary N) is 1. The van der Waals surface area contributed by atoms with Crippen LogP contribution in [0.3, 0.4) is 0 Å². The van der Waals surface area contributed by atoms with E-state index in [4.69, 9.17) is 10.5 Å². The van der Waals surface area contributed by atoms with Crippen LogP contribution in [-0.2, 0) is 0 Å². The van der Waals surface area contributed by atoms with E-state index >= 15 is 0 Å². The Kier molecular flexibility index (Phi) is 3.29. The van der Waals surface area contributed by atoms with Gasteiger partial charge in [-0.05, 0) is 61.9 Å². The summed E-state index contributed by atoms with van der Waals surface area (Å²) < 4.78 is 5.36. The Hall–Kier alpha value is -1.22. The van der Waals surface area contributed by atoms with Crippen LogP contribution in [-0.4, -0.2) is 20.2 Å². The lowest BCUT2D eigenvalue weighted by molar-refractivity contribution is 0.408. The number of ether oxygens (including phenoxy) is 1. The van der Waals surface area contributed by atoms with Crippen LogP contribution < -0.4 is 15.8 Å². The Morgan fingerprint density at radius 2 is 1.88 bits per heavy atom. The first-order valence-corrected chi connectivity index (χ1v) is 6.19. The number of hydrogen-bond donors (Lipinski definition) is 2. The van der Waals surface area contributed by atoms with Gasteiger partial charge in [0.15, 0.2) is 0 Å². The Bertz CT molecular complexity index is 388. The molecule has 0 aromatic heterocycles. The van der Waals surface area contributed by atoms with Gasteiger partial charge in [-0.3, -0.25) is 0 Å². The summed E-state index contributed by atoms with van der Waals surface area (Å²) in [4.78, 5) is 0. The minimum atomic E-state index is 0.363. The molecule has 0 amide bonds. The van der Waals surface area contributed by atoms with Gasteiger partial charge in [0.1, 0.15) is 5.75 Å². The topological polar surface area (TPSA) is 47.3 Å². The van der Waals surface area contributed by atoms with Crippen molar-refractivity contribution in [1.82, 2.24) is 0 Å². The quantitative estimate of drug-likeness (QED) is 0.822. The predicted molar refractivity (Wildman–Crippen MR) is 71.7 cm³/mol. The molecule has 1 aliphatic rings. The first-order chi connectivity index (χ1) is 8.10. The second-order valence-corrected chi connectivity index (χ2v) is 5.20. The molecule has 1 aromatic carbocycles. The average molecular weight is 234 g/mol. The van der Waals surface area contributed by atoms with E-state index in [9.17, 15) is 0 Å². The van der Waals surface area contributed by atoms with Gasteiger partial charge in [-0.15, -0.1) is 0 Å². The van der Waals surface area contributed by atoms with Crippen molar-refractivity contribution in [3.63, 3.8) is 0 Å². The summed E-state index contributed by atoms with van der Waals surface area (Å²) in [6, 6.07) is 4.27. The Labute approximate surface area is 103 Å². The molecule has 0 radical (unpaired) electrons. The number of methoxy groups -OCH3 is 1. The van der Waals surface area contributed by atoms with Crippen molar-refractivity contribution in [2.75, 3.05) is 25.5 Å². The third-order valence-electron chi connectivity index (χ3n) is 3.72. The third kappa shape index (κ3) is 2.55. The number of aryl methyl sites for hydroxylation is 2. The smallest absolute Gasteiger partial charge is 0.124 e. The van der Waals surface area contributed by atoms with E-state index in [1.807, 2.05) is 0 Å². The minimum absolute atomic E-state index is 0.363. The molecule has 1 aliphatic carbocycles. The molecule has 0 saturated heterocycles. The molecule has 3 N–H and O–H groups in total. The van der Waals surface area contributed by atoms with Gasteiger partial charge in [-0.25, -0.2) is 0 Å². The van der Waals surface area contributed by atoms with Gasteiger partial charge in [0.05, 0.1) is 7.11 Å². The van der Waals surface area contributed by atoms with Crippen molar-refractivity contribution in [3.8, 4) is 5.75 Å². The number of anilines is 1. The van der Waals surface area contributed by atoms with E-state index in [-0.39, 0.29) is 0 Å². The van der Waals surface area contributed by atoms with Gasteiger partial charge in [0.2, 0.25) is 0 Å². The molecule has 0 aliphatic heterocycles. The largest absolute Gasteiger partial charge is 0.496 e.